The molecule has 1 amide bonds. The SMILES string of the molecule is CCOc1ncccc1C1CCCCN1C(=O)OC(C)(C)C. The minimum Gasteiger partial charge on any atom is -0.478 e. The van der Waals surface area contributed by atoms with Gasteiger partial charge >= 0.3 is 6.09 Å². The average molecular weight is 306 g/mol. The summed E-state index contributed by atoms with van der Waals surface area (Å²) in [5.41, 5.74) is 0.478. The number of nitrogens with zero attached hydrogens (tertiary/aromatic N) is 2. The number of amides is 1. The normalized spacial score (nSPS) is 18.9. The summed E-state index contributed by atoms with van der Waals surface area (Å²) in [6.45, 7) is 8.87. The molecule has 5 heteroatoms. The molecule has 0 bridgehead atoms. The number of hydrogen-bond donors (Lipinski definition) is 0. The Kier molecular flexibility index (Phi) is 5.27. The topological polar surface area (TPSA) is 51.7 Å². The standard InChI is InChI=1S/C17H26N2O3/c1-5-21-15-13(9-8-11-18-15)14-10-6-7-12-19(14)16(20)22-17(2,3)4/h8-9,11,14H,5-7,10,12H2,1-4H3. The number of carbonyl (C=O) groups excluding carboxylic acids is 1. The Labute approximate surface area is 132 Å². The summed E-state index contributed by atoms with van der Waals surface area (Å²) >= 11 is 0. The maximum absolute atomic E-state index is 12.5. The molecule has 1 aliphatic heterocycles. The van der Waals surface area contributed by atoms with Crippen LogP contribution in [0.15, 0.2) is 18.3 Å². The third-order valence-corrected chi connectivity index (χ3v) is 3.57. The molecule has 1 aliphatic rings. The van der Waals surface area contributed by atoms with Crippen molar-refractivity contribution in [2.75, 3.05) is 13.2 Å². The van der Waals surface area contributed by atoms with Crippen LogP contribution < -0.4 is 4.74 Å². The zero-order valence-electron chi connectivity index (χ0n) is 14.0. The number of ether oxygens (including phenoxy) is 2. The number of rotatable bonds is 3. The number of aromatic nitrogens is 1. The molecule has 0 aliphatic carbocycles. The fourth-order valence-electron chi connectivity index (χ4n) is 2.71. The Morgan fingerprint density at radius 1 is 1.41 bits per heavy atom. The van der Waals surface area contributed by atoms with Crippen molar-refractivity contribution in [2.45, 2.75) is 58.6 Å². The summed E-state index contributed by atoms with van der Waals surface area (Å²) in [6.07, 6.45) is 4.45. The number of piperidine rings is 1. The van der Waals surface area contributed by atoms with Crippen molar-refractivity contribution in [2.24, 2.45) is 0 Å². The van der Waals surface area contributed by atoms with E-state index in [4.69, 9.17) is 9.47 Å². The third-order valence-electron chi connectivity index (χ3n) is 3.57. The maximum atomic E-state index is 12.5. The highest BCUT2D eigenvalue weighted by atomic mass is 16.6. The van der Waals surface area contributed by atoms with Crippen LogP contribution >= 0.6 is 0 Å². The van der Waals surface area contributed by atoms with Crippen molar-refractivity contribution in [3.63, 3.8) is 0 Å². The molecule has 2 rings (SSSR count). The number of carbonyl (C=O) groups is 1. The van der Waals surface area contributed by atoms with Crippen LogP contribution in [0, 0.1) is 0 Å². The fourth-order valence-corrected chi connectivity index (χ4v) is 2.71. The second-order valence-electron chi connectivity index (χ2n) is 6.52. The van der Waals surface area contributed by atoms with Gasteiger partial charge in [0.05, 0.1) is 12.6 Å². The van der Waals surface area contributed by atoms with Crippen molar-refractivity contribution in [3.05, 3.63) is 23.9 Å². The summed E-state index contributed by atoms with van der Waals surface area (Å²) in [5, 5.41) is 0. The van der Waals surface area contributed by atoms with E-state index in [1.165, 1.54) is 0 Å². The van der Waals surface area contributed by atoms with Crippen LogP contribution in [0.2, 0.25) is 0 Å². The molecule has 0 spiro atoms. The predicted octanol–water partition coefficient (Wildman–Crippen LogP) is 3.94. The zero-order chi connectivity index (χ0) is 16.2. The van der Waals surface area contributed by atoms with E-state index >= 15 is 0 Å². The lowest BCUT2D eigenvalue weighted by atomic mass is 9.96. The second kappa shape index (κ2) is 6.99. The number of likely N-dealkylation sites (tertiary alicyclic amines) is 1. The Morgan fingerprint density at radius 3 is 2.86 bits per heavy atom. The van der Waals surface area contributed by atoms with Crippen LogP contribution in [0.1, 0.15) is 58.6 Å². The molecule has 2 heterocycles. The Bertz CT molecular complexity index is 511. The van der Waals surface area contributed by atoms with E-state index in [-0.39, 0.29) is 12.1 Å². The lowest BCUT2D eigenvalue weighted by molar-refractivity contribution is 0.00918. The second-order valence-corrected chi connectivity index (χ2v) is 6.52. The molecule has 1 fully saturated rings. The van der Waals surface area contributed by atoms with Gasteiger partial charge in [-0.3, -0.25) is 0 Å². The van der Waals surface area contributed by atoms with E-state index in [1.54, 1.807) is 6.20 Å². The molecule has 0 radical (unpaired) electrons. The van der Waals surface area contributed by atoms with Crippen molar-refractivity contribution in [3.8, 4) is 5.88 Å². The highest BCUT2D eigenvalue weighted by Gasteiger charge is 2.33. The molecule has 22 heavy (non-hydrogen) atoms. The summed E-state index contributed by atoms with van der Waals surface area (Å²) in [5.74, 6) is 0.616. The summed E-state index contributed by atoms with van der Waals surface area (Å²) in [7, 11) is 0. The van der Waals surface area contributed by atoms with Crippen LogP contribution in [0.3, 0.4) is 0 Å². The first-order valence-corrected chi connectivity index (χ1v) is 7.99. The molecule has 1 unspecified atom stereocenters. The Morgan fingerprint density at radius 2 is 2.18 bits per heavy atom. The molecule has 1 saturated heterocycles. The molecule has 0 saturated carbocycles. The monoisotopic (exact) mass is 306 g/mol. The van der Waals surface area contributed by atoms with Gasteiger partial charge < -0.3 is 14.4 Å². The van der Waals surface area contributed by atoms with Crippen LogP contribution in [0.4, 0.5) is 4.79 Å². The Hall–Kier alpha value is -1.78. The van der Waals surface area contributed by atoms with Gasteiger partial charge in [-0.15, -0.1) is 0 Å². The van der Waals surface area contributed by atoms with Gasteiger partial charge in [0.1, 0.15) is 5.60 Å². The van der Waals surface area contributed by atoms with E-state index in [0.29, 0.717) is 19.0 Å². The fraction of sp³-hybridized carbons (Fsp3) is 0.647. The summed E-state index contributed by atoms with van der Waals surface area (Å²) in [4.78, 5) is 18.6. The van der Waals surface area contributed by atoms with Crippen LogP contribution in [-0.2, 0) is 4.74 Å². The van der Waals surface area contributed by atoms with E-state index < -0.39 is 5.60 Å². The minimum absolute atomic E-state index is 0.0288. The number of pyridine rings is 1. The highest BCUT2D eigenvalue weighted by Crippen LogP contribution is 2.35. The van der Waals surface area contributed by atoms with Gasteiger partial charge in [0, 0.05) is 18.3 Å². The van der Waals surface area contributed by atoms with Gasteiger partial charge in [0.15, 0.2) is 0 Å². The van der Waals surface area contributed by atoms with E-state index in [0.717, 1.165) is 24.8 Å². The van der Waals surface area contributed by atoms with E-state index in [2.05, 4.69) is 4.98 Å². The van der Waals surface area contributed by atoms with Crippen molar-refractivity contribution in [1.82, 2.24) is 9.88 Å². The first-order chi connectivity index (χ1) is 10.4. The third kappa shape index (κ3) is 4.12. The molecule has 0 N–H and O–H groups in total. The average Bonchev–Trinajstić information content (AvgIpc) is 2.46. The zero-order valence-corrected chi connectivity index (χ0v) is 14.0. The van der Waals surface area contributed by atoms with Crippen molar-refractivity contribution in [1.29, 1.82) is 0 Å². The molecule has 1 aromatic rings. The molecular weight excluding hydrogens is 280 g/mol. The lowest BCUT2D eigenvalue weighted by Crippen LogP contribution is -2.42. The molecule has 122 valence electrons. The van der Waals surface area contributed by atoms with Crippen molar-refractivity contribution >= 4 is 6.09 Å². The molecule has 1 aromatic heterocycles. The first-order valence-electron chi connectivity index (χ1n) is 7.99. The van der Waals surface area contributed by atoms with Crippen LogP contribution in [0.25, 0.3) is 0 Å². The molecular formula is C17H26N2O3. The number of hydrogen-bond acceptors (Lipinski definition) is 4. The van der Waals surface area contributed by atoms with Gasteiger partial charge in [-0.05, 0) is 53.0 Å². The quantitative estimate of drug-likeness (QED) is 0.848. The van der Waals surface area contributed by atoms with Gasteiger partial charge in [0.2, 0.25) is 5.88 Å². The van der Waals surface area contributed by atoms with Crippen molar-refractivity contribution < 1.29 is 14.3 Å². The highest BCUT2D eigenvalue weighted by molar-refractivity contribution is 5.69. The van der Waals surface area contributed by atoms with Gasteiger partial charge in [-0.25, -0.2) is 9.78 Å². The van der Waals surface area contributed by atoms with Crippen LogP contribution in [-0.4, -0.2) is 34.7 Å². The van der Waals surface area contributed by atoms with Gasteiger partial charge in [0.25, 0.3) is 0 Å². The summed E-state index contributed by atoms with van der Waals surface area (Å²) in [6, 6.07) is 3.85. The predicted molar refractivity (Wildman–Crippen MR) is 84.9 cm³/mol. The molecule has 1 atom stereocenters. The minimum atomic E-state index is -0.489. The lowest BCUT2D eigenvalue weighted by Gasteiger charge is -2.37. The van der Waals surface area contributed by atoms with E-state index in [9.17, 15) is 4.79 Å². The molecule has 0 aromatic carbocycles. The van der Waals surface area contributed by atoms with Crippen LogP contribution in [0.5, 0.6) is 5.88 Å². The largest absolute Gasteiger partial charge is 0.478 e. The van der Waals surface area contributed by atoms with E-state index in [1.807, 2.05) is 44.7 Å². The Balaban J connectivity index is 2.25. The first kappa shape index (κ1) is 16.6. The van der Waals surface area contributed by atoms with Gasteiger partial charge in [-0.2, -0.15) is 0 Å². The summed E-state index contributed by atoms with van der Waals surface area (Å²) < 4.78 is 11.2. The molecule has 5 nitrogen and oxygen atoms in total. The van der Waals surface area contributed by atoms with Gasteiger partial charge in [-0.1, -0.05) is 6.07 Å². The smallest absolute Gasteiger partial charge is 0.410 e. The maximum Gasteiger partial charge on any atom is 0.410 e.